The summed E-state index contributed by atoms with van der Waals surface area (Å²) in [7, 11) is 0. The van der Waals surface area contributed by atoms with Gasteiger partial charge in [0.15, 0.2) is 5.82 Å². The Bertz CT molecular complexity index is 1150. The lowest BCUT2D eigenvalue weighted by Gasteiger charge is -2.31. The van der Waals surface area contributed by atoms with Gasteiger partial charge in [0, 0.05) is 31.7 Å². The smallest absolute Gasteiger partial charge is 0.456 e. The van der Waals surface area contributed by atoms with Gasteiger partial charge in [0.25, 0.3) is 5.91 Å². The van der Waals surface area contributed by atoms with Crippen LogP contribution in [0.5, 0.6) is 0 Å². The number of alkyl halides is 3. The van der Waals surface area contributed by atoms with Crippen LogP contribution in [0.15, 0.2) is 30.5 Å². The quantitative estimate of drug-likeness (QED) is 0.398. The van der Waals surface area contributed by atoms with Crippen LogP contribution in [0.4, 0.5) is 19.0 Å². The normalized spacial score (nSPS) is 14.9. The molecule has 0 saturated carbocycles. The van der Waals surface area contributed by atoms with Crippen molar-refractivity contribution in [3.8, 4) is 6.07 Å². The summed E-state index contributed by atoms with van der Waals surface area (Å²) in [5.41, 5.74) is 4.27. The van der Waals surface area contributed by atoms with E-state index >= 15 is 0 Å². The van der Waals surface area contributed by atoms with Gasteiger partial charge in [-0.05, 0) is 36.5 Å². The Labute approximate surface area is 217 Å². The van der Waals surface area contributed by atoms with Gasteiger partial charge in [-0.25, -0.2) is 20.2 Å². The predicted molar refractivity (Wildman–Crippen MR) is 128 cm³/mol. The Morgan fingerprint density at radius 2 is 1.92 bits per heavy atom. The Morgan fingerprint density at radius 3 is 2.49 bits per heavy atom. The van der Waals surface area contributed by atoms with Gasteiger partial charge in [0.1, 0.15) is 17.2 Å². The fourth-order valence-corrected chi connectivity index (χ4v) is 3.80. The van der Waals surface area contributed by atoms with Crippen LogP contribution in [0.1, 0.15) is 48.4 Å². The summed E-state index contributed by atoms with van der Waals surface area (Å²) in [4.78, 5) is 34.3. The number of hydrogen-bond donors (Lipinski definition) is 1. The number of carbonyl (C=O) groups excluding carboxylic acids is 2. The van der Waals surface area contributed by atoms with Crippen molar-refractivity contribution in [2.24, 2.45) is 5.92 Å². The molecule has 13 heteroatoms. The van der Waals surface area contributed by atoms with Crippen molar-refractivity contribution in [1.82, 2.24) is 20.3 Å². The third-order valence-corrected chi connectivity index (χ3v) is 5.81. The molecule has 9 nitrogen and oxygen atoms in total. The average Bonchev–Trinajstić information content (AvgIpc) is 2.86. The largest absolute Gasteiger partial charge is 0.490 e. The average molecular weight is 539 g/mol. The summed E-state index contributed by atoms with van der Waals surface area (Å²) in [5.74, 6) is -2.44. The number of hydrazine groups is 1. The molecule has 1 aliphatic rings. The van der Waals surface area contributed by atoms with Crippen LogP contribution in [0.2, 0.25) is 5.02 Å². The Hall–Kier alpha value is -3.27. The molecule has 1 N–H and O–H groups in total. The highest BCUT2D eigenvalue weighted by Crippen LogP contribution is 2.24. The number of nitrogens with one attached hydrogen (secondary N) is 1. The molecule has 1 aromatic carbocycles. The molecule has 1 aromatic heterocycles. The number of amides is 1. The zero-order valence-corrected chi connectivity index (χ0v) is 21.0. The first-order valence-electron chi connectivity index (χ1n) is 11.6. The van der Waals surface area contributed by atoms with E-state index in [1.807, 2.05) is 24.8 Å². The topological polar surface area (TPSA) is 111 Å². The Kier molecular flexibility index (Phi) is 9.42. The zero-order chi connectivity index (χ0) is 27.2. The zero-order valence-electron chi connectivity index (χ0n) is 20.3. The van der Waals surface area contributed by atoms with Crippen LogP contribution in [0.3, 0.4) is 0 Å². The van der Waals surface area contributed by atoms with Gasteiger partial charge in [-0.3, -0.25) is 9.69 Å². The molecule has 1 saturated heterocycles. The minimum atomic E-state index is -4.99. The van der Waals surface area contributed by atoms with Gasteiger partial charge < -0.3 is 4.74 Å². The SMILES string of the molecule is CC(C)CNN(C(=O)c1ccc(CN2CCC(OC(=O)C(F)(F)F)CC2)cc1)c1nc(C#N)ncc1Cl. The van der Waals surface area contributed by atoms with E-state index in [-0.39, 0.29) is 22.6 Å². The van der Waals surface area contributed by atoms with Crippen LogP contribution >= 0.6 is 11.6 Å². The first-order valence-corrected chi connectivity index (χ1v) is 12.0. The molecule has 0 aliphatic carbocycles. The van der Waals surface area contributed by atoms with E-state index in [4.69, 9.17) is 16.9 Å². The van der Waals surface area contributed by atoms with Crippen LogP contribution in [-0.2, 0) is 16.1 Å². The fraction of sp³-hybridized carbons (Fsp3) is 0.458. The highest BCUT2D eigenvalue weighted by atomic mass is 35.5. The number of likely N-dealkylation sites (tertiary alicyclic amines) is 1. The fourth-order valence-electron chi connectivity index (χ4n) is 3.63. The number of rotatable bonds is 8. The Morgan fingerprint density at radius 1 is 1.27 bits per heavy atom. The van der Waals surface area contributed by atoms with Crippen molar-refractivity contribution in [2.75, 3.05) is 24.6 Å². The number of aromatic nitrogens is 2. The second-order valence-electron chi connectivity index (χ2n) is 8.95. The predicted octanol–water partition coefficient (Wildman–Crippen LogP) is 3.88. The van der Waals surface area contributed by atoms with Crippen LogP contribution in [0.25, 0.3) is 0 Å². The van der Waals surface area contributed by atoms with Gasteiger partial charge in [-0.2, -0.15) is 23.4 Å². The second kappa shape index (κ2) is 12.3. The van der Waals surface area contributed by atoms with Crippen molar-refractivity contribution in [2.45, 2.75) is 45.5 Å². The minimum Gasteiger partial charge on any atom is -0.456 e. The van der Waals surface area contributed by atoms with Crippen LogP contribution < -0.4 is 10.4 Å². The first kappa shape index (κ1) is 28.3. The number of hydrogen-bond acceptors (Lipinski definition) is 8. The third kappa shape index (κ3) is 7.85. The maximum Gasteiger partial charge on any atom is 0.490 e. The molecule has 3 rings (SSSR count). The van der Waals surface area contributed by atoms with E-state index in [1.54, 1.807) is 24.3 Å². The second-order valence-corrected chi connectivity index (χ2v) is 9.36. The van der Waals surface area contributed by atoms with E-state index in [0.717, 1.165) is 5.56 Å². The molecule has 2 heterocycles. The molecule has 1 fully saturated rings. The highest BCUT2D eigenvalue weighted by Gasteiger charge is 2.42. The van der Waals surface area contributed by atoms with Gasteiger partial charge in [0.2, 0.25) is 5.82 Å². The van der Waals surface area contributed by atoms with Crippen molar-refractivity contribution in [3.63, 3.8) is 0 Å². The third-order valence-electron chi connectivity index (χ3n) is 5.54. The minimum absolute atomic E-state index is 0.0667. The van der Waals surface area contributed by atoms with E-state index in [1.165, 1.54) is 11.2 Å². The Balaban J connectivity index is 1.65. The number of benzene rings is 1. The van der Waals surface area contributed by atoms with E-state index < -0.39 is 24.2 Å². The standard InChI is InChI=1S/C24H26ClF3N6O3/c1-15(2)12-31-34(21-19(25)13-30-20(11-29)32-21)22(35)17-5-3-16(4-6-17)14-33-9-7-18(8-10-33)37-23(36)24(26,27)28/h3-6,13,15,18,31H,7-10,12,14H2,1-2H3. The molecule has 2 aromatic rings. The number of esters is 1. The monoisotopic (exact) mass is 538 g/mol. The molecule has 1 amide bonds. The molecule has 0 atom stereocenters. The number of anilines is 1. The van der Waals surface area contributed by atoms with Gasteiger partial charge in [0.05, 0.1) is 6.20 Å². The summed E-state index contributed by atoms with van der Waals surface area (Å²) in [5, 5.41) is 10.4. The summed E-state index contributed by atoms with van der Waals surface area (Å²) >= 11 is 6.23. The van der Waals surface area contributed by atoms with Crippen LogP contribution in [0, 0.1) is 17.2 Å². The summed E-state index contributed by atoms with van der Waals surface area (Å²) < 4.78 is 41.7. The molecule has 0 bridgehead atoms. The molecule has 1 aliphatic heterocycles. The lowest BCUT2D eigenvalue weighted by atomic mass is 10.1. The number of ether oxygens (including phenoxy) is 1. The maximum atomic E-state index is 13.3. The summed E-state index contributed by atoms with van der Waals surface area (Å²) in [6.07, 6.45) is -3.88. The molecule has 0 unspecified atom stereocenters. The molecule has 0 spiro atoms. The van der Waals surface area contributed by atoms with E-state index in [2.05, 4.69) is 20.1 Å². The van der Waals surface area contributed by atoms with E-state index in [9.17, 15) is 22.8 Å². The number of nitrogens with zero attached hydrogens (tertiary/aromatic N) is 5. The van der Waals surface area contributed by atoms with Gasteiger partial charge in [-0.15, -0.1) is 0 Å². The molecule has 198 valence electrons. The maximum absolute atomic E-state index is 13.3. The summed E-state index contributed by atoms with van der Waals surface area (Å²) in [6, 6.07) is 8.70. The van der Waals surface area contributed by atoms with Crippen LogP contribution in [-0.4, -0.2) is 58.7 Å². The first-order chi connectivity index (χ1) is 17.5. The van der Waals surface area contributed by atoms with Crippen molar-refractivity contribution < 1.29 is 27.5 Å². The molecule has 0 radical (unpaired) electrons. The van der Waals surface area contributed by atoms with Crippen molar-refractivity contribution in [3.05, 3.63) is 52.4 Å². The number of carbonyl (C=O) groups is 2. The van der Waals surface area contributed by atoms with Crippen molar-refractivity contribution in [1.29, 1.82) is 5.26 Å². The number of halogens is 4. The van der Waals surface area contributed by atoms with E-state index in [0.29, 0.717) is 44.6 Å². The summed E-state index contributed by atoms with van der Waals surface area (Å²) in [6.45, 7) is 5.84. The number of nitriles is 1. The van der Waals surface area contributed by atoms with Gasteiger partial charge in [-0.1, -0.05) is 37.6 Å². The molecular weight excluding hydrogens is 513 g/mol. The lowest BCUT2D eigenvalue weighted by Crippen LogP contribution is -2.45. The van der Waals surface area contributed by atoms with Gasteiger partial charge >= 0.3 is 12.1 Å². The lowest BCUT2D eigenvalue weighted by molar-refractivity contribution is -0.206. The molecule has 37 heavy (non-hydrogen) atoms. The van der Waals surface area contributed by atoms with Crippen molar-refractivity contribution >= 4 is 29.3 Å². The number of piperidine rings is 1. The highest BCUT2D eigenvalue weighted by molar-refractivity contribution is 6.33. The molecular formula is C24H26ClF3N6O3.